The fraction of sp³-hybridized carbons (Fsp3) is 0.286. The monoisotopic (exact) mass is 285 g/mol. The van der Waals surface area contributed by atoms with E-state index in [4.69, 9.17) is 0 Å². The second-order valence-electron chi connectivity index (χ2n) is 2.06. The molecule has 6 heteroatoms. The molecule has 1 nitrogen and oxygen atoms in total. The topological polar surface area (TPSA) is 12.9 Å². The van der Waals surface area contributed by atoms with Gasteiger partial charge in [0.05, 0.1) is 9.98 Å². The second kappa shape index (κ2) is 5.72. The largest absolute Gasteiger partial charge is 0.266 e. The smallest absolute Gasteiger partial charge is 0.237 e. The predicted octanol–water partition coefficient (Wildman–Crippen LogP) is 4.17. The van der Waals surface area contributed by atoms with Crippen molar-refractivity contribution in [2.24, 2.45) is 0 Å². The normalized spacial score (nSPS) is 10.1. The van der Waals surface area contributed by atoms with Crippen LogP contribution in [0, 0.1) is 0 Å². The molecule has 0 spiro atoms. The number of halogens is 3. The first-order valence-corrected chi connectivity index (χ1v) is 6.03. The van der Waals surface area contributed by atoms with Gasteiger partial charge in [0.1, 0.15) is 0 Å². The molecule has 0 N–H and O–H groups in total. The first-order chi connectivity index (χ1) is 6.18. The number of hydrogen-bond acceptors (Lipinski definition) is 3. The summed E-state index contributed by atoms with van der Waals surface area (Å²) < 4.78 is 25.1. The van der Waals surface area contributed by atoms with Crippen molar-refractivity contribution in [3.05, 3.63) is 22.1 Å². The van der Waals surface area contributed by atoms with E-state index in [2.05, 4.69) is 20.9 Å². The van der Waals surface area contributed by atoms with Gasteiger partial charge in [-0.15, -0.1) is 11.3 Å². The summed E-state index contributed by atoms with van der Waals surface area (Å²) in [6, 6.07) is 0. The van der Waals surface area contributed by atoms with Gasteiger partial charge in [0.25, 0.3) is 6.08 Å². The Hall–Kier alpha value is 0.0600. The van der Waals surface area contributed by atoms with Gasteiger partial charge in [0.2, 0.25) is 0 Å². The highest BCUT2D eigenvalue weighted by atomic mass is 79.9. The van der Waals surface area contributed by atoms with Gasteiger partial charge in [0, 0.05) is 5.75 Å². The van der Waals surface area contributed by atoms with E-state index in [1.54, 1.807) is 6.20 Å². The van der Waals surface area contributed by atoms with Gasteiger partial charge in [-0.2, -0.15) is 8.78 Å². The summed E-state index contributed by atoms with van der Waals surface area (Å²) in [5, 5.41) is 0. The van der Waals surface area contributed by atoms with Crippen LogP contribution in [0.1, 0.15) is 6.42 Å². The van der Waals surface area contributed by atoms with E-state index in [1.165, 1.54) is 23.1 Å². The van der Waals surface area contributed by atoms with Crippen molar-refractivity contribution in [1.82, 2.24) is 4.98 Å². The van der Waals surface area contributed by atoms with Crippen LogP contribution in [0.4, 0.5) is 8.78 Å². The summed E-state index contributed by atoms with van der Waals surface area (Å²) in [5.74, 6) is 0.636. The standard InChI is InChI=1S/C7H6BrF2NS2/c8-5-4-11-7(13-5)12-3-1-2-6(9)10/h2,4H,1,3H2. The molecule has 1 aromatic heterocycles. The number of thiazole rings is 1. The van der Waals surface area contributed by atoms with Crippen LogP contribution in [0.5, 0.6) is 0 Å². The summed E-state index contributed by atoms with van der Waals surface area (Å²) >= 11 is 6.26. The van der Waals surface area contributed by atoms with Gasteiger partial charge in [-0.1, -0.05) is 11.8 Å². The van der Waals surface area contributed by atoms with Crippen molar-refractivity contribution in [2.45, 2.75) is 10.8 Å². The van der Waals surface area contributed by atoms with Crippen molar-refractivity contribution >= 4 is 39.0 Å². The quantitative estimate of drug-likeness (QED) is 0.608. The first kappa shape index (κ1) is 11.1. The van der Waals surface area contributed by atoms with Crippen LogP contribution in [-0.4, -0.2) is 10.7 Å². The van der Waals surface area contributed by atoms with Gasteiger partial charge in [-0.3, -0.25) is 0 Å². The SMILES string of the molecule is FC(F)=CCCSc1ncc(Br)s1. The molecule has 0 saturated carbocycles. The molecule has 0 amide bonds. The molecule has 0 fully saturated rings. The Morgan fingerprint density at radius 3 is 3.00 bits per heavy atom. The molecule has 0 unspecified atom stereocenters. The Labute approximate surface area is 91.4 Å². The Kier molecular flexibility index (Phi) is 4.90. The molecule has 0 aliphatic rings. The third kappa shape index (κ3) is 4.73. The van der Waals surface area contributed by atoms with Crippen LogP contribution in [0.15, 0.2) is 26.5 Å². The zero-order valence-corrected chi connectivity index (χ0v) is 9.69. The summed E-state index contributed by atoms with van der Waals surface area (Å²) in [6.45, 7) is 0. The van der Waals surface area contributed by atoms with Crippen LogP contribution in [0.2, 0.25) is 0 Å². The lowest BCUT2D eigenvalue weighted by atomic mass is 10.5. The summed E-state index contributed by atoms with van der Waals surface area (Å²) in [7, 11) is 0. The van der Waals surface area contributed by atoms with E-state index in [9.17, 15) is 8.78 Å². The number of aromatic nitrogens is 1. The third-order valence-electron chi connectivity index (χ3n) is 1.10. The molecule has 0 aliphatic carbocycles. The van der Waals surface area contributed by atoms with E-state index >= 15 is 0 Å². The third-order valence-corrected chi connectivity index (χ3v) is 3.76. The molecule has 1 aromatic rings. The Bertz CT molecular complexity index is 296. The van der Waals surface area contributed by atoms with E-state index in [0.717, 1.165) is 14.2 Å². The van der Waals surface area contributed by atoms with Gasteiger partial charge >= 0.3 is 0 Å². The maximum Gasteiger partial charge on any atom is 0.266 e. The van der Waals surface area contributed by atoms with Gasteiger partial charge in [-0.25, -0.2) is 4.98 Å². The Morgan fingerprint density at radius 2 is 2.46 bits per heavy atom. The van der Waals surface area contributed by atoms with Crippen LogP contribution in [-0.2, 0) is 0 Å². The average molecular weight is 286 g/mol. The lowest BCUT2D eigenvalue weighted by Crippen LogP contribution is -1.75. The number of hydrogen-bond donors (Lipinski definition) is 0. The maximum atomic E-state index is 11.6. The lowest BCUT2D eigenvalue weighted by Gasteiger charge is -1.91. The first-order valence-electron chi connectivity index (χ1n) is 3.44. The minimum absolute atomic E-state index is 0.379. The van der Waals surface area contributed by atoms with Crippen molar-refractivity contribution in [2.75, 3.05) is 5.75 Å². The fourth-order valence-electron chi connectivity index (χ4n) is 0.621. The fourth-order valence-corrected chi connectivity index (χ4v) is 3.17. The van der Waals surface area contributed by atoms with E-state index in [1.807, 2.05) is 0 Å². The molecule has 0 bridgehead atoms. The zero-order valence-electron chi connectivity index (χ0n) is 6.47. The summed E-state index contributed by atoms with van der Waals surface area (Å²) in [5.41, 5.74) is 0. The maximum absolute atomic E-state index is 11.6. The Balaban J connectivity index is 2.24. The number of rotatable bonds is 4. The molecule has 0 radical (unpaired) electrons. The molecular weight excluding hydrogens is 280 g/mol. The zero-order chi connectivity index (χ0) is 9.68. The van der Waals surface area contributed by atoms with E-state index in [-0.39, 0.29) is 0 Å². The molecule has 1 rings (SSSR count). The van der Waals surface area contributed by atoms with Crippen molar-refractivity contribution in [3.8, 4) is 0 Å². The number of nitrogens with zero attached hydrogens (tertiary/aromatic N) is 1. The van der Waals surface area contributed by atoms with Gasteiger partial charge < -0.3 is 0 Å². The number of thioether (sulfide) groups is 1. The van der Waals surface area contributed by atoms with E-state index in [0.29, 0.717) is 12.2 Å². The molecule has 0 aliphatic heterocycles. The molecule has 1 heterocycles. The van der Waals surface area contributed by atoms with Gasteiger partial charge in [0.15, 0.2) is 4.34 Å². The highest BCUT2D eigenvalue weighted by molar-refractivity contribution is 9.11. The van der Waals surface area contributed by atoms with Gasteiger partial charge in [-0.05, 0) is 28.4 Å². The minimum atomic E-state index is -1.61. The summed E-state index contributed by atoms with van der Waals surface area (Å²) in [6.07, 6.45) is 1.40. The van der Waals surface area contributed by atoms with Crippen LogP contribution < -0.4 is 0 Å². The highest BCUT2D eigenvalue weighted by Crippen LogP contribution is 2.28. The Morgan fingerprint density at radius 1 is 1.69 bits per heavy atom. The molecule has 13 heavy (non-hydrogen) atoms. The number of allylic oxidation sites excluding steroid dienone is 1. The molecule has 0 saturated heterocycles. The molecule has 0 atom stereocenters. The van der Waals surface area contributed by atoms with Crippen molar-refractivity contribution < 1.29 is 8.78 Å². The van der Waals surface area contributed by atoms with Crippen molar-refractivity contribution in [1.29, 1.82) is 0 Å². The minimum Gasteiger partial charge on any atom is -0.237 e. The average Bonchev–Trinajstić information content (AvgIpc) is 2.45. The molecule has 72 valence electrons. The second-order valence-corrected chi connectivity index (χ2v) is 5.81. The highest BCUT2D eigenvalue weighted by Gasteiger charge is 1.99. The van der Waals surface area contributed by atoms with Crippen LogP contribution in [0.3, 0.4) is 0 Å². The lowest BCUT2D eigenvalue weighted by molar-refractivity contribution is 0.418. The molecule has 0 aromatic carbocycles. The van der Waals surface area contributed by atoms with E-state index < -0.39 is 6.08 Å². The molecular formula is C7H6BrF2NS2. The van der Waals surface area contributed by atoms with Crippen LogP contribution in [0.25, 0.3) is 0 Å². The van der Waals surface area contributed by atoms with Crippen molar-refractivity contribution in [3.63, 3.8) is 0 Å². The predicted molar refractivity (Wildman–Crippen MR) is 55.5 cm³/mol. The summed E-state index contributed by atoms with van der Waals surface area (Å²) in [4.78, 5) is 4.06. The van der Waals surface area contributed by atoms with Crippen LogP contribution >= 0.6 is 39.0 Å².